The van der Waals surface area contributed by atoms with Crippen LogP contribution in [0, 0.1) is 17.5 Å². The molecule has 1 aliphatic heterocycles. The molecule has 0 amide bonds. The van der Waals surface area contributed by atoms with E-state index in [1.165, 1.54) is 29.2 Å². The number of anilines is 3. The van der Waals surface area contributed by atoms with Gasteiger partial charge in [0.05, 0.1) is 0 Å². The highest BCUT2D eigenvalue weighted by Crippen LogP contribution is 2.26. The van der Waals surface area contributed by atoms with Crippen LogP contribution in [0.5, 0.6) is 0 Å². The smallest absolute Gasteiger partial charge is 0.246 e. The Morgan fingerprint density at radius 1 is 1.04 bits per heavy atom. The summed E-state index contributed by atoms with van der Waals surface area (Å²) in [5.41, 5.74) is 6.98. The molecular formula is C17H15F3N6. The van der Waals surface area contributed by atoms with Gasteiger partial charge in [-0.15, -0.1) is 5.10 Å². The number of halogens is 3. The topological polar surface area (TPSA) is 72.0 Å². The molecule has 2 aromatic carbocycles. The van der Waals surface area contributed by atoms with Crippen molar-refractivity contribution in [3.05, 3.63) is 60.2 Å². The maximum Gasteiger partial charge on any atom is 0.246 e. The van der Waals surface area contributed by atoms with Crippen LogP contribution in [0.25, 0.3) is 5.69 Å². The van der Waals surface area contributed by atoms with Crippen molar-refractivity contribution in [3.63, 3.8) is 0 Å². The van der Waals surface area contributed by atoms with Crippen LogP contribution in [0.15, 0.2) is 42.7 Å². The Morgan fingerprint density at radius 3 is 2.58 bits per heavy atom. The molecule has 3 aromatic rings. The van der Waals surface area contributed by atoms with Crippen molar-refractivity contribution in [2.24, 2.45) is 5.73 Å². The lowest BCUT2D eigenvalue weighted by Crippen LogP contribution is -2.55. The monoisotopic (exact) mass is 360 g/mol. The van der Waals surface area contributed by atoms with Crippen LogP contribution in [0.1, 0.15) is 0 Å². The first kappa shape index (κ1) is 16.4. The standard InChI is InChI=1S/C17H15F3N6/c18-10-1-2-16(15(20)5-10)26-9-22-17(24-26)23-13-3-11(19)4-14(6-13)25-7-12(21)8-25/h1-6,9,12H,7-8,21H2,(H,23,24). The van der Waals surface area contributed by atoms with Gasteiger partial charge in [0.1, 0.15) is 23.6 Å². The summed E-state index contributed by atoms with van der Waals surface area (Å²) in [6.45, 7) is 1.33. The van der Waals surface area contributed by atoms with Crippen molar-refractivity contribution < 1.29 is 13.2 Å². The zero-order chi connectivity index (χ0) is 18.3. The summed E-state index contributed by atoms with van der Waals surface area (Å²) in [7, 11) is 0. The fraction of sp³-hybridized carbons (Fsp3) is 0.176. The lowest BCUT2D eigenvalue weighted by atomic mass is 10.1. The van der Waals surface area contributed by atoms with E-state index >= 15 is 0 Å². The first-order valence-corrected chi connectivity index (χ1v) is 7.93. The Labute approximate surface area is 147 Å². The molecule has 3 N–H and O–H groups in total. The fourth-order valence-electron chi connectivity index (χ4n) is 2.78. The second-order valence-corrected chi connectivity index (χ2v) is 6.10. The molecule has 6 nitrogen and oxygen atoms in total. The lowest BCUT2D eigenvalue weighted by Gasteiger charge is -2.39. The summed E-state index contributed by atoms with van der Waals surface area (Å²) < 4.78 is 41.9. The average molecular weight is 360 g/mol. The fourth-order valence-corrected chi connectivity index (χ4v) is 2.78. The van der Waals surface area contributed by atoms with Crippen LogP contribution >= 0.6 is 0 Å². The summed E-state index contributed by atoms with van der Waals surface area (Å²) in [5.74, 6) is -1.69. The van der Waals surface area contributed by atoms with Gasteiger partial charge in [0, 0.05) is 36.6 Å². The normalized spacial score (nSPS) is 14.4. The Kier molecular flexibility index (Phi) is 4.00. The molecule has 1 saturated heterocycles. The molecule has 26 heavy (non-hydrogen) atoms. The maximum atomic E-state index is 13.9. The number of nitrogens with two attached hydrogens (primary N) is 1. The van der Waals surface area contributed by atoms with Crippen LogP contribution in [-0.2, 0) is 0 Å². The van der Waals surface area contributed by atoms with Crippen molar-refractivity contribution in [1.29, 1.82) is 0 Å². The number of nitrogens with zero attached hydrogens (tertiary/aromatic N) is 4. The minimum Gasteiger partial charge on any atom is -0.368 e. The van der Waals surface area contributed by atoms with E-state index in [-0.39, 0.29) is 17.7 Å². The third-order valence-electron chi connectivity index (χ3n) is 4.06. The van der Waals surface area contributed by atoms with Gasteiger partial charge in [0.15, 0.2) is 5.82 Å². The van der Waals surface area contributed by atoms with E-state index in [0.717, 1.165) is 12.1 Å². The van der Waals surface area contributed by atoms with E-state index < -0.39 is 17.5 Å². The van der Waals surface area contributed by atoms with Crippen molar-refractivity contribution in [2.75, 3.05) is 23.3 Å². The highest BCUT2D eigenvalue weighted by atomic mass is 19.1. The Morgan fingerprint density at radius 2 is 1.85 bits per heavy atom. The minimum atomic E-state index is -0.761. The number of hydrogen-bond acceptors (Lipinski definition) is 5. The maximum absolute atomic E-state index is 13.9. The lowest BCUT2D eigenvalue weighted by molar-refractivity contribution is 0.517. The zero-order valence-electron chi connectivity index (χ0n) is 13.5. The van der Waals surface area contributed by atoms with Crippen LogP contribution in [0.2, 0.25) is 0 Å². The molecule has 0 atom stereocenters. The predicted octanol–water partition coefficient (Wildman–Crippen LogP) is 2.58. The SMILES string of the molecule is NC1CN(c2cc(F)cc(Nc3ncn(-c4ccc(F)cc4F)n3)c2)C1. The summed E-state index contributed by atoms with van der Waals surface area (Å²) in [6, 6.07) is 7.74. The molecule has 0 spiro atoms. The summed E-state index contributed by atoms with van der Waals surface area (Å²) >= 11 is 0. The molecule has 1 aliphatic rings. The second kappa shape index (κ2) is 6.34. The van der Waals surface area contributed by atoms with E-state index in [1.54, 1.807) is 6.07 Å². The molecule has 0 bridgehead atoms. The van der Waals surface area contributed by atoms with E-state index in [2.05, 4.69) is 15.4 Å². The highest BCUT2D eigenvalue weighted by Gasteiger charge is 2.24. The molecule has 2 heterocycles. The van der Waals surface area contributed by atoms with Crippen LogP contribution in [-0.4, -0.2) is 33.9 Å². The third-order valence-corrected chi connectivity index (χ3v) is 4.06. The van der Waals surface area contributed by atoms with E-state index in [0.29, 0.717) is 24.5 Å². The minimum absolute atomic E-state index is 0.0569. The molecule has 0 radical (unpaired) electrons. The number of aromatic nitrogens is 3. The second-order valence-electron chi connectivity index (χ2n) is 6.10. The molecular weight excluding hydrogens is 345 g/mol. The molecule has 4 rings (SSSR count). The van der Waals surface area contributed by atoms with Gasteiger partial charge in [-0.05, 0) is 30.3 Å². The Hall–Kier alpha value is -3.07. The zero-order valence-corrected chi connectivity index (χ0v) is 13.5. The number of rotatable bonds is 4. The van der Waals surface area contributed by atoms with Crippen molar-refractivity contribution in [3.8, 4) is 5.69 Å². The van der Waals surface area contributed by atoms with Gasteiger partial charge < -0.3 is 16.0 Å². The van der Waals surface area contributed by atoms with Crippen molar-refractivity contribution >= 4 is 17.3 Å². The molecule has 1 aromatic heterocycles. The van der Waals surface area contributed by atoms with Crippen LogP contribution in [0.4, 0.5) is 30.5 Å². The van der Waals surface area contributed by atoms with Gasteiger partial charge in [-0.25, -0.2) is 17.9 Å². The molecule has 134 valence electrons. The molecule has 0 saturated carbocycles. The van der Waals surface area contributed by atoms with E-state index in [4.69, 9.17) is 5.73 Å². The van der Waals surface area contributed by atoms with E-state index in [1.807, 2.05) is 4.90 Å². The average Bonchev–Trinajstić information content (AvgIpc) is 2.99. The molecule has 1 fully saturated rings. The molecule has 0 aliphatic carbocycles. The van der Waals surface area contributed by atoms with Gasteiger partial charge >= 0.3 is 0 Å². The van der Waals surface area contributed by atoms with E-state index in [9.17, 15) is 13.2 Å². The first-order chi connectivity index (χ1) is 12.5. The number of hydrogen-bond donors (Lipinski definition) is 2. The van der Waals surface area contributed by atoms with Crippen molar-refractivity contribution in [2.45, 2.75) is 6.04 Å². The number of benzene rings is 2. The molecule has 0 unspecified atom stereocenters. The molecule has 9 heteroatoms. The van der Waals surface area contributed by atoms with Crippen molar-refractivity contribution in [1.82, 2.24) is 14.8 Å². The van der Waals surface area contributed by atoms with Gasteiger partial charge in [-0.2, -0.15) is 4.98 Å². The third kappa shape index (κ3) is 3.21. The quantitative estimate of drug-likeness (QED) is 0.748. The highest BCUT2D eigenvalue weighted by molar-refractivity contribution is 5.63. The van der Waals surface area contributed by atoms with Gasteiger partial charge in [0.2, 0.25) is 5.95 Å². The Balaban J connectivity index is 1.56. The first-order valence-electron chi connectivity index (χ1n) is 7.93. The predicted molar refractivity (Wildman–Crippen MR) is 91.1 cm³/mol. The largest absolute Gasteiger partial charge is 0.368 e. The van der Waals surface area contributed by atoms with Gasteiger partial charge in [0.25, 0.3) is 0 Å². The summed E-state index contributed by atoms with van der Waals surface area (Å²) in [6.07, 6.45) is 1.29. The number of nitrogens with one attached hydrogen (secondary N) is 1. The van der Waals surface area contributed by atoms with Crippen LogP contribution < -0.4 is 16.0 Å². The van der Waals surface area contributed by atoms with Crippen LogP contribution in [0.3, 0.4) is 0 Å². The van der Waals surface area contributed by atoms with Gasteiger partial charge in [-0.3, -0.25) is 0 Å². The summed E-state index contributed by atoms with van der Waals surface area (Å²) in [4.78, 5) is 5.98. The summed E-state index contributed by atoms with van der Waals surface area (Å²) in [5, 5.41) is 6.98. The Bertz CT molecular complexity index is 951. The van der Waals surface area contributed by atoms with Gasteiger partial charge in [-0.1, -0.05) is 0 Å².